The Balaban J connectivity index is 0.000000371. The summed E-state index contributed by atoms with van der Waals surface area (Å²) in [4.78, 5) is 2.36. The van der Waals surface area contributed by atoms with Gasteiger partial charge < -0.3 is 4.90 Å². The summed E-state index contributed by atoms with van der Waals surface area (Å²) < 4.78 is 0. The van der Waals surface area contributed by atoms with Crippen molar-refractivity contribution >= 4 is 0 Å². The molecule has 0 N–H and O–H groups in total. The summed E-state index contributed by atoms with van der Waals surface area (Å²) >= 11 is 0. The molecule has 0 unspecified atom stereocenters. The predicted octanol–water partition coefficient (Wildman–Crippen LogP) is 2.29. The van der Waals surface area contributed by atoms with E-state index < -0.39 is 0 Å². The maximum Gasteiger partial charge on any atom is 0.00130 e. The Hall–Kier alpha value is -0.300. The monoisotopic (exact) mass is 141 g/mol. The highest BCUT2D eigenvalue weighted by atomic mass is 15.1. The summed E-state index contributed by atoms with van der Waals surface area (Å²) in [6, 6.07) is 0. The number of rotatable bonds is 0. The fourth-order valence-electron chi connectivity index (χ4n) is 0.937. The molecule has 0 amide bonds. The molecule has 10 heavy (non-hydrogen) atoms. The predicted molar refractivity (Wildman–Crippen MR) is 47.2 cm³/mol. The Labute approximate surface area is 64.7 Å². The second-order valence-corrected chi connectivity index (χ2v) is 2.35. The lowest BCUT2D eigenvalue weighted by molar-refractivity contribution is 0.354. The Morgan fingerprint density at radius 2 is 1.40 bits per heavy atom. The third kappa shape index (κ3) is 4.57. The molecule has 0 spiro atoms. The molecule has 1 nitrogen and oxygen atoms in total. The summed E-state index contributed by atoms with van der Waals surface area (Å²) in [6.07, 6.45) is 7.00. The largest absolute Gasteiger partial charge is 0.306 e. The molecule has 1 rings (SSSR count). The molecule has 1 aliphatic rings. The van der Waals surface area contributed by atoms with Crippen LogP contribution in [0.15, 0.2) is 12.2 Å². The summed E-state index contributed by atoms with van der Waals surface area (Å²) in [5, 5.41) is 0. The summed E-state index contributed by atoms with van der Waals surface area (Å²) in [5.74, 6) is 0. The smallest absolute Gasteiger partial charge is 0.00130 e. The van der Waals surface area contributed by atoms with Gasteiger partial charge in [-0.25, -0.2) is 0 Å². The molecule has 0 radical (unpaired) electrons. The second kappa shape index (κ2) is 6.81. The Kier molecular flexibility index (Phi) is 6.61. The van der Waals surface area contributed by atoms with Gasteiger partial charge in [-0.05, 0) is 19.9 Å². The molecule has 0 aromatic heterocycles. The van der Waals surface area contributed by atoms with Crippen LogP contribution in [0.1, 0.15) is 26.7 Å². The van der Waals surface area contributed by atoms with E-state index in [4.69, 9.17) is 0 Å². The van der Waals surface area contributed by atoms with E-state index >= 15 is 0 Å². The van der Waals surface area contributed by atoms with Gasteiger partial charge in [-0.3, -0.25) is 0 Å². The van der Waals surface area contributed by atoms with Crippen LogP contribution in [0.2, 0.25) is 0 Å². The van der Waals surface area contributed by atoms with E-state index in [0.29, 0.717) is 0 Å². The lowest BCUT2D eigenvalue weighted by Crippen LogP contribution is -2.18. The van der Waals surface area contributed by atoms with E-state index in [1.54, 1.807) is 0 Å². The molecule has 1 heteroatoms. The van der Waals surface area contributed by atoms with E-state index in [2.05, 4.69) is 24.1 Å². The minimum Gasteiger partial charge on any atom is -0.306 e. The quantitative estimate of drug-likeness (QED) is 0.468. The first-order valence-corrected chi connectivity index (χ1v) is 4.23. The first-order valence-electron chi connectivity index (χ1n) is 4.23. The van der Waals surface area contributed by atoms with E-state index in [-0.39, 0.29) is 0 Å². The first-order chi connectivity index (χ1) is 4.89. The zero-order valence-corrected chi connectivity index (χ0v) is 7.43. The van der Waals surface area contributed by atoms with Gasteiger partial charge in [0.05, 0.1) is 0 Å². The van der Waals surface area contributed by atoms with Crippen LogP contribution in [0.4, 0.5) is 0 Å². The van der Waals surface area contributed by atoms with Crippen molar-refractivity contribution in [1.29, 1.82) is 0 Å². The lowest BCUT2D eigenvalue weighted by Gasteiger charge is -2.10. The molecular formula is C9H19N. The highest BCUT2D eigenvalue weighted by Crippen LogP contribution is 1.98. The Bertz CT molecular complexity index is 76.7. The van der Waals surface area contributed by atoms with Crippen LogP contribution in [0.3, 0.4) is 0 Å². The Morgan fingerprint density at radius 1 is 1.00 bits per heavy atom. The highest BCUT2D eigenvalue weighted by molar-refractivity contribution is 4.85. The molecular weight excluding hydrogens is 122 g/mol. The van der Waals surface area contributed by atoms with Gasteiger partial charge in [0.15, 0.2) is 0 Å². The first kappa shape index (κ1) is 9.70. The zero-order chi connectivity index (χ0) is 7.82. The van der Waals surface area contributed by atoms with E-state index in [1.807, 2.05) is 13.8 Å². The summed E-state index contributed by atoms with van der Waals surface area (Å²) in [6.45, 7) is 6.47. The Morgan fingerprint density at radius 3 is 1.80 bits per heavy atom. The molecule has 0 aliphatic carbocycles. The highest BCUT2D eigenvalue weighted by Gasteiger charge is 1.96. The van der Waals surface area contributed by atoms with E-state index in [1.165, 1.54) is 25.9 Å². The van der Waals surface area contributed by atoms with Crippen molar-refractivity contribution in [3.63, 3.8) is 0 Å². The van der Waals surface area contributed by atoms with Crippen molar-refractivity contribution in [3.05, 3.63) is 12.2 Å². The number of nitrogens with zero attached hydrogens (tertiary/aromatic N) is 1. The molecule has 0 atom stereocenters. The van der Waals surface area contributed by atoms with Gasteiger partial charge in [0.2, 0.25) is 0 Å². The van der Waals surface area contributed by atoms with Gasteiger partial charge in [0.25, 0.3) is 0 Å². The van der Waals surface area contributed by atoms with Crippen LogP contribution >= 0.6 is 0 Å². The molecule has 0 aromatic carbocycles. The van der Waals surface area contributed by atoms with Crippen molar-refractivity contribution in [2.75, 3.05) is 20.1 Å². The maximum atomic E-state index is 2.36. The normalized spacial score (nSPS) is 19.1. The third-order valence-electron chi connectivity index (χ3n) is 1.52. The van der Waals surface area contributed by atoms with Gasteiger partial charge in [-0.15, -0.1) is 0 Å². The van der Waals surface area contributed by atoms with Gasteiger partial charge in [-0.2, -0.15) is 0 Å². The molecule has 60 valence electrons. The molecule has 0 aromatic rings. The summed E-state index contributed by atoms with van der Waals surface area (Å²) in [7, 11) is 2.17. The van der Waals surface area contributed by atoms with Crippen LogP contribution in [0.5, 0.6) is 0 Å². The standard InChI is InChI=1S/C7H13N.C2H6/c1-8-6-4-2-3-5-7-8;1-2/h2-3H,4-7H2,1H3;1-2H3. The minimum atomic E-state index is 1.23. The van der Waals surface area contributed by atoms with Gasteiger partial charge in [-0.1, -0.05) is 26.0 Å². The van der Waals surface area contributed by atoms with Crippen molar-refractivity contribution in [1.82, 2.24) is 4.90 Å². The molecule has 1 aliphatic heterocycles. The zero-order valence-electron chi connectivity index (χ0n) is 7.43. The van der Waals surface area contributed by atoms with Crippen molar-refractivity contribution < 1.29 is 0 Å². The van der Waals surface area contributed by atoms with Gasteiger partial charge in [0, 0.05) is 13.1 Å². The van der Waals surface area contributed by atoms with Crippen LogP contribution in [0.25, 0.3) is 0 Å². The molecule has 0 saturated carbocycles. The average molecular weight is 141 g/mol. The van der Waals surface area contributed by atoms with Crippen LogP contribution in [-0.2, 0) is 0 Å². The van der Waals surface area contributed by atoms with Gasteiger partial charge >= 0.3 is 0 Å². The van der Waals surface area contributed by atoms with Crippen LogP contribution < -0.4 is 0 Å². The van der Waals surface area contributed by atoms with Gasteiger partial charge in [0.1, 0.15) is 0 Å². The van der Waals surface area contributed by atoms with E-state index in [9.17, 15) is 0 Å². The maximum absolute atomic E-state index is 2.36. The lowest BCUT2D eigenvalue weighted by atomic mass is 10.4. The SMILES string of the molecule is CC.CN1CCC=CCC1. The number of hydrogen-bond donors (Lipinski definition) is 0. The molecule has 0 saturated heterocycles. The third-order valence-corrected chi connectivity index (χ3v) is 1.52. The fourth-order valence-corrected chi connectivity index (χ4v) is 0.937. The van der Waals surface area contributed by atoms with Crippen molar-refractivity contribution in [2.24, 2.45) is 0 Å². The van der Waals surface area contributed by atoms with E-state index in [0.717, 1.165) is 0 Å². The van der Waals surface area contributed by atoms with Crippen LogP contribution in [0, 0.1) is 0 Å². The minimum absolute atomic E-state index is 1.23. The van der Waals surface area contributed by atoms with Crippen molar-refractivity contribution in [3.8, 4) is 0 Å². The second-order valence-electron chi connectivity index (χ2n) is 2.35. The van der Waals surface area contributed by atoms with Crippen molar-refractivity contribution in [2.45, 2.75) is 26.7 Å². The van der Waals surface area contributed by atoms with Crippen LogP contribution in [-0.4, -0.2) is 25.0 Å². The molecule has 1 heterocycles. The topological polar surface area (TPSA) is 3.24 Å². The molecule has 0 fully saturated rings. The fraction of sp³-hybridized carbons (Fsp3) is 0.778. The molecule has 0 bridgehead atoms. The summed E-state index contributed by atoms with van der Waals surface area (Å²) in [5.41, 5.74) is 0. The average Bonchev–Trinajstić information content (AvgIpc) is 2.21. The number of hydrogen-bond acceptors (Lipinski definition) is 1.